The van der Waals surface area contributed by atoms with Crippen LogP contribution in [0.25, 0.3) is 0 Å². The number of benzene rings is 1. The molecule has 118 valence electrons. The van der Waals surface area contributed by atoms with Crippen molar-refractivity contribution < 1.29 is 9.53 Å². The van der Waals surface area contributed by atoms with Crippen molar-refractivity contribution in [2.75, 3.05) is 6.61 Å². The van der Waals surface area contributed by atoms with Gasteiger partial charge in [-0.25, -0.2) is 4.79 Å². The Bertz CT molecular complexity index is 503. The summed E-state index contributed by atoms with van der Waals surface area (Å²) >= 11 is 13.7. The molecular weight excluding hydrogens is 532 g/mol. The van der Waals surface area contributed by atoms with Crippen LogP contribution < -0.4 is 0 Å². The Balaban J connectivity index is 2.76. The number of carbonyl (C=O) groups is 1. The summed E-state index contributed by atoms with van der Waals surface area (Å²) in [6, 6.07) is 1.76. The number of carbonyl (C=O) groups excluding carboxylic acids is 1. The van der Waals surface area contributed by atoms with Crippen molar-refractivity contribution in [1.29, 1.82) is 0 Å². The molecule has 0 aliphatic heterocycles. The fourth-order valence-corrected chi connectivity index (χ4v) is 4.06. The molecule has 0 aromatic heterocycles. The molecule has 0 saturated carbocycles. The van der Waals surface area contributed by atoms with Gasteiger partial charge < -0.3 is 4.74 Å². The molecule has 2 nitrogen and oxygen atoms in total. The second kappa shape index (κ2) is 9.68. The standard InChI is InChI=1S/C15H18Br4O2/c1-3-5-6-9(4-2)8-21-15(20)10-7-11(16)13(18)14(19)12(10)17/h7,9H,3-6,8H2,1-2H3/t9-/m1/s1. The lowest BCUT2D eigenvalue weighted by Crippen LogP contribution is -2.14. The Kier molecular flexibility index (Phi) is 9.06. The first-order chi connectivity index (χ1) is 9.92. The van der Waals surface area contributed by atoms with Crippen LogP contribution in [0.4, 0.5) is 0 Å². The van der Waals surface area contributed by atoms with Gasteiger partial charge >= 0.3 is 5.97 Å². The van der Waals surface area contributed by atoms with Gasteiger partial charge in [0.2, 0.25) is 0 Å². The maximum Gasteiger partial charge on any atom is 0.339 e. The van der Waals surface area contributed by atoms with Crippen molar-refractivity contribution in [3.05, 3.63) is 29.5 Å². The Morgan fingerprint density at radius 1 is 1.14 bits per heavy atom. The summed E-state index contributed by atoms with van der Waals surface area (Å²) < 4.78 is 8.64. The van der Waals surface area contributed by atoms with Gasteiger partial charge in [-0.3, -0.25) is 0 Å². The maximum absolute atomic E-state index is 12.3. The highest BCUT2D eigenvalue weighted by atomic mass is 79.9. The smallest absolute Gasteiger partial charge is 0.339 e. The van der Waals surface area contributed by atoms with Gasteiger partial charge in [-0.1, -0.05) is 33.1 Å². The maximum atomic E-state index is 12.3. The molecule has 21 heavy (non-hydrogen) atoms. The third-order valence-electron chi connectivity index (χ3n) is 3.32. The zero-order valence-electron chi connectivity index (χ0n) is 12.0. The van der Waals surface area contributed by atoms with E-state index in [1.807, 2.05) is 0 Å². The number of halogens is 4. The SMILES string of the molecule is CCCC[C@@H](CC)COC(=O)c1cc(Br)c(Br)c(Br)c1Br. The molecule has 0 aliphatic rings. The fraction of sp³-hybridized carbons (Fsp3) is 0.533. The summed E-state index contributed by atoms with van der Waals surface area (Å²) in [4.78, 5) is 12.3. The third-order valence-corrected chi connectivity index (χ3v) is 7.98. The highest BCUT2D eigenvalue weighted by Gasteiger charge is 2.19. The van der Waals surface area contributed by atoms with E-state index < -0.39 is 0 Å². The van der Waals surface area contributed by atoms with Crippen molar-refractivity contribution >= 4 is 69.7 Å². The minimum absolute atomic E-state index is 0.300. The first kappa shape index (κ1) is 19.7. The van der Waals surface area contributed by atoms with Crippen molar-refractivity contribution in [2.45, 2.75) is 39.5 Å². The van der Waals surface area contributed by atoms with E-state index in [9.17, 15) is 4.79 Å². The molecule has 0 aliphatic carbocycles. The number of hydrogen-bond acceptors (Lipinski definition) is 2. The van der Waals surface area contributed by atoms with E-state index in [0.717, 1.165) is 26.3 Å². The molecular formula is C15H18Br4O2. The fourth-order valence-electron chi connectivity index (χ4n) is 1.89. The Hall–Kier alpha value is 0.610. The predicted molar refractivity (Wildman–Crippen MR) is 101 cm³/mol. The van der Waals surface area contributed by atoms with E-state index >= 15 is 0 Å². The molecule has 0 spiro atoms. The lowest BCUT2D eigenvalue weighted by atomic mass is 10.0. The summed E-state index contributed by atoms with van der Waals surface area (Å²) in [5.41, 5.74) is 0.516. The molecule has 0 saturated heterocycles. The number of rotatable bonds is 7. The lowest BCUT2D eigenvalue weighted by Gasteiger charge is -2.15. The molecule has 0 radical (unpaired) electrons. The molecule has 0 bridgehead atoms. The number of ether oxygens (including phenoxy) is 1. The first-order valence-electron chi connectivity index (χ1n) is 6.92. The van der Waals surface area contributed by atoms with E-state index in [2.05, 4.69) is 77.6 Å². The molecule has 0 fully saturated rings. The molecule has 6 heteroatoms. The van der Waals surface area contributed by atoms with Crippen LogP contribution in [-0.2, 0) is 4.74 Å². The van der Waals surface area contributed by atoms with Crippen LogP contribution in [-0.4, -0.2) is 12.6 Å². The van der Waals surface area contributed by atoms with Gasteiger partial charge in [-0.2, -0.15) is 0 Å². The lowest BCUT2D eigenvalue weighted by molar-refractivity contribution is 0.0427. The Morgan fingerprint density at radius 2 is 1.81 bits per heavy atom. The summed E-state index contributed by atoms with van der Waals surface area (Å²) in [5.74, 6) is 0.140. The van der Waals surface area contributed by atoms with Gasteiger partial charge in [-0.05, 0) is 82.1 Å². The van der Waals surface area contributed by atoms with Gasteiger partial charge in [0.15, 0.2) is 0 Å². The van der Waals surface area contributed by atoms with Gasteiger partial charge in [0.25, 0.3) is 0 Å². The minimum Gasteiger partial charge on any atom is -0.462 e. The summed E-state index contributed by atoms with van der Waals surface area (Å²) in [6.45, 7) is 4.79. The zero-order valence-corrected chi connectivity index (χ0v) is 18.4. The van der Waals surface area contributed by atoms with E-state index in [1.165, 1.54) is 12.8 Å². The molecule has 1 aromatic carbocycles. The molecule has 0 unspecified atom stereocenters. The number of unbranched alkanes of at least 4 members (excludes halogenated alkanes) is 1. The van der Waals surface area contributed by atoms with Crippen LogP contribution in [0, 0.1) is 5.92 Å². The van der Waals surface area contributed by atoms with Gasteiger partial charge in [0, 0.05) is 17.9 Å². The van der Waals surface area contributed by atoms with Crippen LogP contribution in [0.15, 0.2) is 24.0 Å². The topological polar surface area (TPSA) is 26.3 Å². The second-order valence-electron chi connectivity index (χ2n) is 4.86. The Labute approximate surface area is 159 Å². The molecule has 1 aromatic rings. The average Bonchev–Trinajstić information content (AvgIpc) is 2.48. The van der Waals surface area contributed by atoms with Gasteiger partial charge in [0.05, 0.1) is 12.2 Å². The molecule has 0 heterocycles. The minimum atomic E-state index is -0.300. The summed E-state index contributed by atoms with van der Waals surface area (Å²) in [6.07, 6.45) is 4.48. The van der Waals surface area contributed by atoms with Crippen molar-refractivity contribution in [2.24, 2.45) is 5.92 Å². The second-order valence-corrected chi connectivity index (χ2v) is 8.10. The third kappa shape index (κ3) is 5.63. The van der Waals surface area contributed by atoms with Gasteiger partial charge in [-0.15, -0.1) is 0 Å². The van der Waals surface area contributed by atoms with E-state index in [4.69, 9.17) is 4.74 Å². The Morgan fingerprint density at radius 3 is 2.38 bits per heavy atom. The highest BCUT2D eigenvalue weighted by molar-refractivity contribution is 9.15. The quantitative estimate of drug-likeness (QED) is 0.206. The normalized spacial score (nSPS) is 12.3. The number of hydrogen-bond donors (Lipinski definition) is 0. The monoisotopic (exact) mass is 546 g/mol. The zero-order chi connectivity index (χ0) is 16.0. The average molecular weight is 550 g/mol. The van der Waals surface area contributed by atoms with E-state index in [1.54, 1.807) is 6.07 Å². The first-order valence-corrected chi connectivity index (χ1v) is 10.1. The van der Waals surface area contributed by atoms with E-state index in [0.29, 0.717) is 22.6 Å². The largest absolute Gasteiger partial charge is 0.462 e. The molecule has 1 rings (SSSR count). The molecule has 1 atom stereocenters. The van der Waals surface area contributed by atoms with Crippen LogP contribution >= 0.6 is 63.7 Å². The predicted octanol–water partition coefficient (Wildman–Crippen LogP) is 7.11. The highest BCUT2D eigenvalue weighted by Crippen LogP contribution is 2.39. The van der Waals surface area contributed by atoms with Crippen LogP contribution in [0.3, 0.4) is 0 Å². The molecule has 0 N–H and O–H groups in total. The van der Waals surface area contributed by atoms with Crippen molar-refractivity contribution in [1.82, 2.24) is 0 Å². The van der Waals surface area contributed by atoms with Crippen molar-refractivity contribution in [3.63, 3.8) is 0 Å². The van der Waals surface area contributed by atoms with E-state index in [-0.39, 0.29) is 5.97 Å². The molecule has 0 amide bonds. The van der Waals surface area contributed by atoms with Crippen molar-refractivity contribution in [3.8, 4) is 0 Å². The van der Waals surface area contributed by atoms with Crippen LogP contribution in [0.5, 0.6) is 0 Å². The summed E-state index contributed by atoms with van der Waals surface area (Å²) in [7, 11) is 0. The summed E-state index contributed by atoms with van der Waals surface area (Å²) in [5, 5.41) is 0. The van der Waals surface area contributed by atoms with Crippen LogP contribution in [0.2, 0.25) is 0 Å². The van der Waals surface area contributed by atoms with Gasteiger partial charge in [0.1, 0.15) is 0 Å². The number of esters is 1. The van der Waals surface area contributed by atoms with Crippen LogP contribution in [0.1, 0.15) is 49.9 Å².